The van der Waals surface area contributed by atoms with Crippen LogP contribution in [-0.2, 0) is 5.41 Å². The van der Waals surface area contributed by atoms with Crippen LogP contribution in [0.15, 0.2) is 18.2 Å². The molecule has 1 aromatic rings. The first-order valence-corrected chi connectivity index (χ1v) is 6.99. The molecule has 1 aliphatic carbocycles. The molecule has 1 saturated carbocycles. The summed E-state index contributed by atoms with van der Waals surface area (Å²) in [7, 11) is 0. The maximum atomic E-state index is 6.07. The fourth-order valence-corrected chi connectivity index (χ4v) is 2.71. The predicted molar refractivity (Wildman–Crippen MR) is 75.1 cm³/mol. The molecular weight excluding hydrogens is 253 g/mol. The standard InChI is InChI=1S/C14H19Cl2N/c1-3-6-17-9-11-8-14(11,2)10-4-5-12(15)13(16)7-10/h4-5,7,11,17H,3,6,8-9H2,1-2H3. The van der Waals surface area contributed by atoms with Crippen LogP contribution in [0, 0.1) is 5.92 Å². The van der Waals surface area contributed by atoms with E-state index in [0.29, 0.717) is 10.0 Å². The van der Waals surface area contributed by atoms with Gasteiger partial charge in [0, 0.05) is 0 Å². The number of benzene rings is 1. The molecule has 3 heteroatoms. The van der Waals surface area contributed by atoms with Crippen molar-refractivity contribution < 1.29 is 0 Å². The Kier molecular flexibility index (Phi) is 4.02. The second kappa shape index (κ2) is 5.17. The Hall–Kier alpha value is -0.240. The van der Waals surface area contributed by atoms with Gasteiger partial charge < -0.3 is 5.32 Å². The molecule has 17 heavy (non-hydrogen) atoms. The molecule has 2 atom stereocenters. The minimum atomic E-state index is 0.287. The molecule has 1 aromatic carbocycles. The molecule has 2 unspecified atom stereocenters. The van der Waals surface area contributed by atoms with Gasteiger partial charge in [-0.3, -0.25) is 0 Å². The summed E-state index contributed by atoms with van der Waals surface area (Å²) < 4.78 is 0. The van der Waals surface area contributed by atoms with Gasteiger partial charge in [0.25, 0.3) is 0 Å². The van der Waals surface area contributed by atoms with Crippen LogP contribution < -0.4 is 5.32 Å². The summed E-state index contributed by atoms with van der Waals surface area (Å²) >= 11 is 12.0. The highest BCUT2D eigenvalue weighted by atomic mass is 35.5. The number of hydrogen-bond acceptors (Lipinski definition) is 1. The second-order valence-electron chi connectivity index (χ2n) is 5.15. The Morgan fingerprint density at radius 3 is 2.76 bits per heavy atom. The van der Waals surface area contributed by atoms with Gasteiger partial charge in [-0.25, -0.2) is 0 Å². The van der Waals surface area contributed by atoms with Crippen molar-refractivity contribution >= 4 is 23.2 Å². The summed E-state index contributed by atoms with van der Waals surface area (Å²) in [5.74, 6) is 0.728. The highest BCUT2D eigenvalue weighted by molar-refractivity contribution is 6.42. The number of rotatable bonds is 5. The molecule has 0 aliphatic heterocycles. The summed E-state index contributed by atoms with van der Waals surface area (Å²) in [4.78, 5) is 0. The molecule has 0 saturated heterocycles. The monoisotopic (exact) mass is 271 g/mol. The van der Waals surface area contributed by atoms with Crippen LogP contribution >= 0.6 is 23.2 Å². The zero-order valence-corrected chi connectivity index (χ0v) is 11.9. The van der Waals surface area contributed by atoms with Crippen LogP contribution in [0.2, 0.25) is 10.0 Å². The molecule has 0 amide bonds. The maximum Gasteiger partial charge on any atom is 0.0595 e. The quantitative estimate of drug-likeness (QED) is 0.789. The Labute approximate surface area is 114 Å². The van der Waals surface area contributed by atoms with Gasteiger partial charge in [-0.05, 0) is 55.0 Å². The lowest BCUT2D eigenvalue weighted by Gasteiger charge is -2.13. The van der Waals surface area contributed by atoms with Crippen molar-refractivity contribution in [1.82, 2.24) is 5.32 Å². The highest BCUT2D eigenvalue weighted by Crippen LogP contribution is 2.54. The average Bonchev–Trinajstić information content (AvgIpc) is 2.95. The minimum Gasteiger partial charge on any atom is -0.316 e. The number of hydrogen-bond donors (Lipinski definition) is 1. The molecule has 1 nitrogen and oxygen atoms in total. The first-order valence-electron chi connectivity index (χ1n) is 6.24. The molecule has 0 spiro atoms. The second-order valence-corrected chi connectivity index (χ2v) is 5.97. The smallest absolute Gasteiger partial charge is 0.0595 e. The van der Waals surface area contributed by atoms with Crippen LogP contribution in [0.25, 0.3) is 0 Å². The normalized spacial score (nSPS) is 27.2. The van der Waals surface area contributed by atoms with Crippen molar-refractivity contribution in [2.75, 3.05) is 13.1 Å². The Morgan fingerprint density at radius 1 is 1.35 bits per heavy atom. The van der Waals surface area contributed by atoms with Gasteiger partial charge in [0.1, 0.15) is 0 Å². The molecule has 1 fully saturated rings. The van der Waals surface area contributed by atoms with Gasteiger partial charge in [-0.15, -0.1) is 0 Å². The van der Waals surface area contributed by atoms with E-state index in [-0.39, 0.29) is 5.41 Å². The Morgan fingerprint density at radius 2 is 2.12 bits per heavy atom. The summed E-state index contributed by atoms with van der Waals surface area (Å²) in [6, 6.07) is 6.02. The largest absolute Gasteiger partial charge is 0.316 e. The SMILES string of the molecule is CCCNCC1CC1(C)c1ccc(Cl)c(Cl)c1. The maximum absolute atomic E-state index is 6.07. The van der Waals surface area contributed by atoms with Crippen LogP contribution in [0.3, 0.4) is 0 Å². The topological polar surface area (TPSA) is 12.0 Å². The van der Waals surface area contributed by atoms with E-state index in [9.17, 15) is 0 Å². The molecule has 0 radical (unpaired) electrons. The molecule has 0 heterocycles. The fraction of sp³-hybridized carbons (Fsp3) is 0.571. The van der Waals surface area contributed by atoms with E-state index in [1.54, 1.807) is 0 Å². The lowest BCUT2D eigenvalue weighted by Crippen LogP contribution is -2.20. The van der Waals surface area contributed by atoms with E-state index in [1.807, 2.05) is 12.1 Å². The first kappa shape index (κ1) is 13.2. The third kappa shape index (κ3) is 2.78. The van der Waals surface area contributed by atoms with Gasteiger partial charge in [0.2, 0.25) is 0 Å². The van der Waals surface area contributed by atoms with E-state index in [1.165, 1.54) is 18.4 Å². The van der Waals surface area contributed by atoms with E-state index >= 15 is 0 Å². The van der Waals surface area contributed by atoms with Crippen molar-refractivity contribution in [1.29, 1.82) is 0 Å². The number of halogens is 2. The molecule has 1 N–H and O–H groups in total. The lowest BCUT2D eigenvalue weighted by molar-refractivity contribution is 0.575. The summed E-state index contributed by atoms with van der Waals surface area (Å²) in [5.41, 5.74) is 1.60. The van der Waals surface area contributed by atoms with Crippen molar-refractivity contribution in [2.24, 2.45) is 5.92 Å². The van der Waals surface area contributed by atoms with E-state index in [2.05, 4.69) is 25.2 Å². The van der Waals surface area contributed by atoms with Gasteiger partial charge in [0.15, 0.2) is 0 Å². The van der Waals surface area contributed by atoms with Crippen LogP contribution in [0.5, 0.6) is 0 Å². The zero-order chi connectivity index (χ0) is 12.5. The van der Waals surface area contributed by atoms with E-state index < -0.39 is 0 Å². The molecular formula is C14H19Cl2N. The highest BCUT2D eigenvalue weighted by Gasteiger charge is 2.50. The summed E-state index contributed by atoms with van der Waals surface area (Å²) in [5, 5.41) is 4.79. The van der Waals surface area contributed by atoms with Crippen LogP contribution in [-0.4, -0.2) is 13.1 Å². The molecule has 0 bridgehead atoms. The van der Waals surface area contributed by atoms with Crippen molar-refractivity contribution in [2.45, 2.75) is 32.1 Å². The van der Waals surface area contributed by atoms with Crippen molar-refractivity contribution in [3.8, 4) is 0 Å². The summed E-state index contributed by atoms with van der Waals surface area (Å²) in [6.07, 6.45) is 2.43. The lowest BCUT2D eigenvalue weighted by atomic mass is 9.95. The van der Waals surface area contributed by atoms with Gasteiger partial charge in [-0.1, -0.05) is 43.1 Å². The van der Waals surface area contributed by atoms with Crippen molar-refractivity contribution in [3.05, 3.63) is 33.8 Å². The van der Waals surface area contributed by atoms with Gasteiger partial charge in [0.05, 0.1) is 10.0 Å². The number of nitrogens with one attached hydrogen (secondary N) is 1. The average molecular weight is 272 g/mol. The first-order chi connectivity index (χ1) is 8.08. The third-order valence-corrected chi connectivity index (χ3v) is 4.55. The molecule has 1 aliphatic rings. The predicted octanol–water partition coefficient (Wildman–Crippen LogP) is 4.27. The Balaban J connectivity index is 2.01. The molecule has 94 valence electrons. The van der Waals surface area contributed by atoms with Crippen LogP contribution in [0.1, 0.15) is 32.3 Å². The van der Waals surface area contributed by atoms with Gasteiger partial charge in [-0.2, -0.15) is 0 Å². The van der Waals surface area contributed by atoms with Crippen LogP contribution in [0.4, 0.5) is 0 Å². The van der Waals surface area contributed by atoms with Gasteiger partial charge >= 0.3 is 0 Å². The molecule has 0 aromatic heterocycles. The fourth-order valence-electron chi connectivity index (χ4n) is 2.41. The van der Waals surface area contributed by atoms with E-state index in [4.69, 9.17) is 23.2 Å². The minimum absolute atomic E-state index is 0.287. The molecule has 2 rings (SSSR count). The Bertz CT molecular complexity index is 405. The van der Waals surface area contributed by atoms with E-state index in [0.717, 1.165) is 19.0 Å². The van der Waals surface area contributed by atoms with Crippen molar-refractivity contribution in [3.63, 3.8) is 0 Å². The third-order valence-electron chi connectivity index (χ3n) is 3.81. The summed E-state index contributed by atoms with van der Waals surface area (Å²) in [6.45, 7) is 6.71. The zero-order valence-electron chi connectivity index (χ0n) is 10.4.